The third-order valence-corrected chi connectivity index (χ3v) is 2.30. The van der Waals surface area contributed by atoms with Crippen molar-refractivity contribution in [2.75, 3.05) is 13.7 Å². The number of rotatable bonds is 4. The Morgan fingerprint density at radius 3 is 2.74 bits per heavy atom. The highest BCUT2D eigenvalue weighted by molar-refractivity contribution is 5.91. The van der Waals surface area contributed by atoms with E-state index in [9.17, 15) is 9.59 Å². The van der Waals surface area contributed by atoms with E-state index < -0.39 is 5.97 Å². The van der Waals surface area contributed by atoms with Gasteiger partial charge >= 0.3 is 5.97 Å². The quantitative estimate of drug-likeness (QED) is 0.632. The van der Waals surface area contributed by atoms with Crippen LogP contribution >= 0.6 is 0 Å². The van der Waals surface area contributed by atoms with Gasteiger partial charge in [-0.3, -0.25) is 4.79 Å². The predicted octanol–water partition coefficient (Wildman–Crippen LogP) is 1.27. The number of amides is 1. The summed E-state index contributed by atoms with van der Waals surface area (Å²) in [5.74, 6) is 4.79. The molecule has 19 heavy (non-hydrogen) atoms. The summed E-state index contributed by atoms with van der Waals surface area (Å²) < 4.78 is 5.08. The van der Waals surface area contributed by atoms with Crippen molar-refractivity contribution in [3.05, 3.63) is 29.3 Å². The van der Waals surface area contributed by atoms with Crippen LogP contribution in [0.2, 0.25) is 0 Å². The van der Waals surface area contributed by atoms with Crippen molar-refractivity contribution >= 4 is 11.9 Å². The van der Waals surface area contributed by atoms with E-state index in [1.807, 2.05) is 0 Å². The minimum atomic E-state index is -1.06. The number of methoxy groups -OCH3 is 1. The topological polar surface area (TPSA) is 75.6 Å². The highest BCUT2D eigenvalue weighted by Crippen LogP contribution is 2.22. The number of aromatic carboxylic acids is 1. The van der Waals surface area contributed by atoms with E-state index in [1.54, 1.807) is 12.1 Å². The smallest absolute Gasteiger partial charge is 0.339 e. The molecule has 0 aromatic heterocycles. The van der Waals surface area contributed by atoms with Gasteiger partial charge in [-0.1, -0.05) is 17.9 Å². The lowest BCUT2D eigenvalue weighted by Gasteiger charge is -2.06. The lowest BCUT2D eigenvalue weighted by molar-refractivity contribution is -0.118. The fourth-order valence-corrected chi connectivity index (χ4v) is 1.48. The van der Waals surface area contributed by atoms with E-state index in [4.69, 9.17) is 9.84 Å². The van der Waals surface area contributed by atoms with Crippen LogP contribution in [0.4, 0.5) is 0 Å². The standard InChI is InChI=1S/C14H15NO4/c1-10(16)15-9-4-3-6-11-7-5-8-12(14(17)18)13(11)19-2/h5,7-8H,4,9H2,1-2H3,(H,15,16)(H,17,18). The van der Waals surface area contributed by atoms with Gasteiger partial charge in [0.1, 0.15) is 11.3 Å². The van der Waals surface area contributed by atoms with Crippen LogP contribution in [0.3, 0.4) is 0 Å². The minimum Gasteiger partial charge on any atom is -0.495 e. The Hall–Kier alpha value is -2.48. The average molecular weight is 261 g/mol. The Balaban J connectivity index is 2.84. The van der Waals surface area contributed by atoms with Gasteiger partial charge in [0.25, 0.3) is 0 Å². The molecule has 100 valence electrons. The van der Waals surface area contributed by atoms with Crippen LogP contribution in [0, 0.1) is 11.8 Å². The molecule has 1 aromatic carbocycles. The van der Waals surface area contributed by atoms with E-state index in [1.165, 1.54) is 20.1 Å². The average Bonchev–Trinajstić information content (AvgIpc) is 2.37. The second kappa shape index (κ2) is 7.07. The molecular formula is C14H15NO4. The summed E-state index contributed by atoms with van der Waals surface area (Å²) in [5, 5.41) is 11.6. The molecule has 0 unspecified atom stereocenters. The van der Waals surface area contributed by atoms with Crippen molar-refractivity contribution in [3.8, 4) is 17.6 Å². The molecular weight excluding hydrogens is 246 g/mol. The number of carboxylic acids is 1. The van der Waals surface area contributed by atoms with Crippen molar-refractivity contribution in [1.29, 1.82) is 0 Å². The molecule has 0 fully saturated rings. The molecule has 0 aliphatic heterocycles. The number of carboxylic acid groups (broad SMARTS) is 1. The van der Waals surface area contributed by atoms with Crippen LogP contribution < -0.4 is 10.1 Å². The van der Waals surface area contributed by atoms with Crippen molar-refractivity contribution in [2.45, 2.75) is 13.3 Å². The van der Waals surface area contributed by atoms with Crippen molar-refractivity contribution < 1.29 is 19.4 Å². The second-order valence-electron chi connectivity index (χ2n) is 3.73. The summed E-state index contributed by atoms with van der Waals surface area (Å²) in [6.07, 6.45) is 0.486. The van der Waals surface area contributed by atoms with E-state index in [0.717, 1.165) is 0 Å². The third kappa shape index (κ3) is 4.36. The summed E-state index contributed by atoms with van der Waals surface area (Å²) in [7, 11) is 1.41. The van der Waals surface area contributed by atoms with Gasteiger partial charge in [-0.2, -0.15) is 0 Å². The van der Waals surface area contributed by atoms with Crippen LogP contribution in [0.1, 0.15) is 29.3 Å². The first-order valence-corrected chi connectivity index (χ1v) is 5.70. The SMILES string of the molecule is COc1c(C#CCCNC(C)=O)cccc1C(=O)O. The number of hydrogen-bond donors (Lipinski definition) is 2. The number of nitrogens with one attached hydrogen (secondary N) is 1. The number of ether oxygens (including phenoxy) is 1. The van der Waals surface area contributed by atoms with Crippen molar-refractivity contribution in [1.82, 2.24) is 5.32 Å². The summed E-state index contributed by atoms with van der Waals surface area (Å²) in [6.45, 7) is 1.90. The summed E-state index contributed by atoms with van der Waals surface area (Å²) >= 11 is 0. The Kier molecular flexibility index (Phi) is 5.42. The third-order valence-electron chi connectivity index (χ3n) is 2.30. The first-order valence-electron chi connectivity index (χ1n) is 5.70. The summed E-state index contributed by atoms with van der Waals surface area (Å²) in [6, 6.07) is 4.77. The monoisotopic (exact) mass is 261 g/mol. The zero-order valence-electron chi connectivity index (χ0n) is 10.8. The molecule has 0 bridgehead atoms. The molecule has 0 radical (unpaired) electrons. The Bertz CT molecular complexity index is 540. The summed E-state index contributed by atoms with van der Waals surface area (Å²) in [4.78, 5) is 21.7. The van der Waals surface area contributed by atoms with Gasteiger partial charge in [-0.05, 0) is 12.1 Å². The number of carbonyl (C=O) groups is 2. The molecule has 0 aliphatic rings. The number of carbonyl (C=O) groups excluding carboxylic acids is 1. The first-order chi connectivity index (χ1) is 9.06. The van der Waals surface area contributed by atoms with E-state index in [-0.39, 0.29) is 17.2 Å². The van der Waals surface area contributed by atoms with Crippen LogP contribution in [-0.2, 0) is 4.79 Å². The minimum absolute atomic E-state index is 0.0798. The maximum absolute atomic E-state index is 11.0. The van der Waals surface area contributed by atoms with Crippen LogP contribution in [0.25, 0.3) is 0 Å². The zero-order chi connectivity index (χ0) is 14.3. The molecule has 0 saturated heterocycles. The molecule has 0 aliphatic carbocycles. The zero-order valence-corrected chi connectivity index (χ0v) is 10.8. The molecule has 1 rings (SSSR count). The largest absolute Gasteiger partial charge is 0.495 e. The highest BCUT2D eigenvalue weighted by atomic mass is 16.5. The predicted molar refractivity (Wildman–Crippen MR) is 70.1 cm³/mol. The van der Waals surface area contributed by atoms with Crippen LogP contribution in [0.5, 0.6) is 5.75 Å². The van der Waals surface area contributed by atoms with E-state index >= 15 is 0 Å². The fourth-order valence-electron chi connectivity index (χ4n) is 1.48. The van der Waals surface area contributed by atoms with E-state index in [0.29, 0.717) is 18.5 Å². The fraction of sp³-hybridized carbons (Fsp3) is 0.286. The molecule has 0 spiro atoms. The van der Waals surface area contributed by atoms with Crippen LogP contribution in [-0.4, -0.2) is 30.6 Å². The Labute approximate surface area is 111 Å². The second-order valence-corrected chi connectivity index (χ2v) is 3.73. The molecule has 0 saturated carbocycles. The van der Waals surface area contributed by atoms with Crippen molar-refractivity contribution in [2.24, 2.45) is 0 Å². The number of hydrogen-bond acceptors (Lipinski definition) is 3. The van der Waals surface area contributed by atoms with E-state index in [2.05, 4.69) is 17.2 Å². The Morgan fingerprint density at radius 2 is 2.16 bits per heavy atom. The lowest BCUT2D eigenvalue weighted by Crippen LogP contribution is -2.20. The Morgan fingerprint density at radius 1 is 1.42 bits per heavy atom. The molecule has 5 heteroatoms. The molecule has 0 heterocycles. The lowest BCUT2D eigenvalue weighted by atomic mass is 10.1. The normalized spacial score (nSPS) is 9.16. The molecule has 5 nitrogen and oxygen atoms in total. The van der Waals surface area contributed by atoms with Gasteiger partial charge in [-0.25, -0.2) is 4.79 Å². The maximum atomic E-state index is 11.0. The van der Waals surface area contributed by atoms with Gasteiger partial charge in [0.15, 0.2) is 0 Å². The van der Waals surface area contributed by atoms with Gasteiger partial charge in [0.2, 0.25) is 5.91 Å². The van der Waals surface area contributed by atoms with Crippen LogP contribution in [0.15, 0.2) is 18.2 Å². The van der Waals surface area contributed by atoms with Gasteiger partial charge < -0.3 is 15.2 Å². The highest BCUT2D eigenvalue weighted by Gasteiger charge is 2.13. The summed E-state index contributed by atoms with van der Waals surface area (Å²) in [5.41, 5.74) is 0.599. The first kappa shape index (κ1) is 14.6. The maximum Gasteiger partial charge on any atom is 0.339 e. The van der Waals surface area contributed by atoms with Gasteiger partial charge in [0.05, 0.1) is 12.7 Å². The number of para-hydroxylation sites is 1. The van der Waals surface area contributed by atoms with Gasteiger partial charge in [-0.15, -0.1) is 0 Å². The molecule has 1 aromatic rings. The van der Waals surface area contributed by atoms with Crippen molar-refractivity contribution in [3.63, 3.8) is 0 Å². The molecule has 1 amide bonds. The molecule has 2 N–H and O–H groups in total. The number of benzene rings is 1. The van der Waals surface area contributed by atoms with Gasteiger partial charge in [0, 0.05) is 19.9 Å². The molecule has 0 atom stereocenters.